The molecule has 322 valence electrons. The molecule has 0 unspecified atom stereocenters. The summed E-state index contributed by atoms with van der Waals surface area (Å²) in [4.78, 5) is 27.5. The van der Waals surface area contributed by atoms with Gasteiger partial charge in [-0.1, -0.05) is 84.9 Å². The van der Waals surface area contributed by atoms with Gasteiger partial charge >= 0.3 is 0 Å². The summed E-state index contributed by atoms with van der Waals surface area (Å²) >= 11 is 0. The number of aromatic nitrogens is 2. The van der Waals surface area contributed by atoms with Crippen molar-refractivity contribution in [2.24, 2.45) is 0 Å². The van der Waals surface area contributed by atoms with Gasteiger partial charge in [-0.3, -0.25) is 9.59 Å². The first-order chi connectivity index (χ1) is 31.9. The highest BCUT2D eigenvalue weighted by Crippen LogP contribution is 2.36. The molecule has 11 rings (SSSR count). The molecule has 0 saturated heterocycles. The van der Waals surface area contributed by atoms with E-state index in [-0.39, 0.29) is 11.8 Å². The Morgan fingerprint density at radius 1 is 0.538 bits per heavy atom. The number of hydrogen-bond acceptors (Lipinski definition) is 6. The highest BCUT2D eigenvalue weighted by Gasteiger charge is 2.27. The van der Waals surface area contributed by atoms with E-state index in [0.717, 1.165) is 91.6 Å². The standard InChI is InChI=1S/C32H29N3O3.C23H19N3O/c1-37-27-14-12-23(31(19-27)38-2)20-35-16-15-34-21-24(17-30(34)32(35)36)28-10-6-7-22-11-13-26(18-29(22)28)33-25-8-4-3-5-9-25;27-23-22-13-17(15-26(22)12-11-24-23)20-8-4-5-16-9-10-19(14-21(16)20)25-18-6-2-1-3-7-18/h3-14,17-19,21,33H,15-16,20H2,1-2H3;1-10,13-15,25H,11-12H2,(H,24,27). The maximum atomic E-state index is 13.5. The van der Waals surface area contributed by atoms with E-state index < -0.39 is 0 Å². The summed E-state index contributed by atoms with van der Waals surface area (Å²) in [5.41, 5.74) is 10.9. The number of benzene rings is 7. The van der Waals surface area contributed by atoms with Crippen molar-refractivity contribution in [3.05, 3.63) is 193 Å². The molecule has 10 nitrogen and oxygen atoms in total. The van der Waals surface area contributed by atoms with E-state index in [1.54, 1.807) is 14.2 Å². The molecule has 0 atom stereocenters. The number of rotatable bonds is 10. The fourth-order valence-corrected chi connectivity index (χ4v) is 8.85. The normalized spacial score (nSPS) is 13.0. The maximum absolute atomic E-state index is 13.5. The fourth-order valence-electron chi connectivity index (χ4n) is 8.85. The Kier molecular flexibility index (Phi) is 11.2. The summed E-state index contributed by atoms with van der Waals surface area (Å²) in [6, 6.07) is 55.5. The number of nitrogens with zero attached hydrogens (tertiary/aromatic N) is 3. The molecule has 65 heavy (non-hydrogen) atoms. The van der Waals surface area contributed by atoms with Gasteiger partial charge in [-0.15, -0.1) is 0 Å². The first kappa shape index (κ1) is 40.8. The molecule has 7 aromatic carbocycles. The van der Waals surface area contributed by atoms with E-state index >= 15 is 0 Å². The van der Waals surface area contributed by atoms with Crippen LogP contribution in [0.2, 0.25) is 0 Å². The smallest absolute Gasteiger partial charge is 0.270 e. The predicted molar refractivity (Wildman–Crippen MR) is 261 cm³/mol. The van der Waals surface area contributed by atoms with Crippen LogP contribution in [-0.2, 0) is 19.6 Å². The Hall–Kier alpha value is -8.24. The second-order valence-electron chi connectivity index (χ2n) is 16.2. The Bertz CT molecular complexity index is 3190. The predicted octanol–water partition coefficient (Wildman–Crippen LogP) is 11.5. The van der Waals surface area contributed by atoms with Crippen LogP contribution in [0.5, 0.6) is 11.5 Å². The average molecular weight is 857 g/mol. The van der Waals surface area contributed by atoms with Crippen LogP contribution >= 0.6 is 0 Å². The number of anilines is 4. The van der Waals surface area contributed by atoms with E-state index in [1.165, 1.54) is 10.8 Å². The number of carbonyl (C=O) groups is 2. The van der Waals surface area contributed by atoms with E-state index in [0.29, 0.717) is 25.3 Å². The molecular formula is C55H48N6O4. The SMILES string of the molecule is COc1ccc(CN2CCn3cc(-c4cccc5ccc(Nc6ccccc6)cc45)cc3C2=O)c(OC)c1.O=C1NCCn2cc(-c3cccc4ccc(Nc5ccccc5)cc34)cc21. The van der Waals surface area contributed by atoms with Gasteiger partial charge < -0.3 is 39.5 Å². The summed E-state index contributed by atoms with van der Waals surface area (Å²) in [5.74, 6) is 1.46. The Morgan fingerprint density at radius 2 is 1.12 bits per heavy atom. The summed E-state index contributed by atoms with van der Waals surface area (Å²) in [6.45, 7) is 3.35. The quantitative estimate of drug-likeness (QED) is 0.127. The number of amides is 2. The summed E-state index contributed by atoms with van der Waals surface area (Å²) in [6.07, 6.45) is 4.19. The Balaban J connectivity index is 0.000000162. The lowest BCUT2D eigenvalue weighted by molar-refractivity contribution is 0.0689. The third-order valence-electron chi connectivity index (χ3n) is 12.1. The minimum absolute atomic E-state index is 0.000769. The number of hydrogen-bond donors (Lipinski definition) is 3. The van der Waals surface area contributed by atoms with E-state index in [1.807, 2.05) is 76.2 Å². The zero-order valence-electron chi connectivity index (χ0n) is 36.3. The van der Waals surface area contributed by atoms with Crippen LogP contribution in [0.15, 0.2) is 176 Å². The fraction of sp³-hybridized carbons (Fsp3) is 0.127. The summed E-state index contributed by atoms with van der Waals surface area (Å²) in [5, 5.41) is 14.5. The van der Waals surface area contributed by atoms with Crippen molar-refractivity contribution in [3.8, 4) is 33.8 Å². The summed E-state index contributed by atoms with van der Waals surface area (Å²) < 4.78 is 15.0. The monoisotopic (exact) mass is 856 g/mol. The molecule has 4 heterocycles. The summed E-state index contributed by atoms with van der Waals surface area (Å²) in [7, 11) is 3.27. The van der Waals surface area contributed by atoms with Crippen molar-refractivity contribution >= 4 is 56.1 Å². The lowest BCUT2D eigenvalue weighted by Gasteiger charge is -2.29. The highest BCUT2D eigenvalue weighted by molar-refractivity contribution is 6.02. The minimum atomic E-state index is -0.000769. The largest absolute Gasteiger partial charge is 0.497 e. The van der Waals surface area contributed by atoms with Crippen LogP contribution in [-0.4, -0.2) is 53.2 Å². The third kappa shape index (κ3) is 8.49. The lowest BCUT2D eigenvalue weighted by atomic mass is 9.99. The Morgan fingerprint density at radius 3 is 1.69 bits per heavy atom. The van der Waals surface area contributed by atoms with Crippen LogP contribution in [0.25, 0.3) is 43.8 Å². The third-order valence-corrected chi connectivity index (χ3v) is 12.1. The molecule has 2 aliphatic rings. The molecule has 9 aromatic rings. The van der Waals surface area contributed by atoms with E-state index in [4.69, 9.17) is 9.47 Å². The molecule has 0 saturated carbocycles. The van der Waals surface area contributed by atoms with Gasteiger partial charge in [0.2, 0.25) is 0 Å². The molecule has 0 radical (unpaired) electrons. The van der Waals surface area contributed by atoms with Crippen molar-refractivity contribution in [3.63, 3.8) is 0 Å². The Labute approximate surface area is 377 Å². The lowest BCUT2D eigenvalue weighted by Crippen LogP contribution is -2.39. The molecule has 0 aliphatic carbocycles. The molecule has 2 aromatic heterocycles. The first-order valence-corrected chi connectivity index (χ1v) is 21.8. The van der Waals surface area contributed by atoms with Crippen LogP contribution in [0.1, 0.15) is 26.5 Å². The molecule has 0 fully saturated rings. The van der Waals surface area contributed by atoms with E-state index in [9.17, 15) is 9.59 Å². The van der Waals surface area contributed by atoms with Crippen LogP contribution in [0.3, 0.4) is 0 Å². The molecule has 0 bridgehead atoms. The van der Waals surface area contributed by atoms with Gasteiger partial charge in [0.25, 0.3) is 11.8 Å². The molecule has 2 amide bonds. The maximum Gasteiger partial charge on any atom is 0.270 e. The number of para-hydroxylation sites is 2. The van der Waals surface area contributed by atoms with Gasteiger partial charge in [0.1, 0.15) is 22.9 Å². The van der Waals surface area contributed by atoms with Crippen molar-refractivity contribution in [2.45, 2.75) is 19.6 Å². The number of ether oxygens (including phenoxy) is 2. The van der Waals surface area contributed by atoms with Gasteiger partial charge in [0.15, 0.2) is 0 Å². The number of fused-ring (bicyclic) bond motifs is 4. The number of nitrogens with one attached hydrogen (secondary N) is 3. The minimum Gasteiger partial charge on any atom is -0.497 e. The zero-order valence-corrected chi connectivity index (χ0v) is 36.3. The number of carbonyl (C=O) groups excluding carboxylic acids is 2. The second kappa shape index (κ2) is 17.9. The van der Waals surface area contributed by atoms with Gasteiger partial charge in [-0.05, 0) is 105 Å². The molecule has 10 heteroatoms. The average Bonchev–Trinajstić information content (AvgIpc) is 3.99. The van der Waals surface area contributed by atoms with Gasteiger partial charge in [0, 0.05) is 90.6 Å². The van der Waals surface area contributed by atoms with Gasteiger partial charge in [-0.25, -0.2) is 0 Å². The topological polar surface area (TPSA) is 102 Å². The molecule has 3 N–H and O–H groups in total. The van der Waals surface area contributed by atoms with Crippen LogP contribution < -0.4 is 25.4 Å². The highest BCUT2D eigenvalue weighted by atomic mass is 16.5. The first-order valence-electron chi connectivity index (χ1n) is 21.8. The molecule has 0 spiro atoms. The van der Waals surface area contributed by atoms with E-state index in [2.05, 4.69) is 130 Å². The van der Waals surface area contributed by atoms with Gasteiger partial charge in [-0.2, -0.15) is 0 Å². The van der Waals surface area contributed by atoms with Crippen LogP contribution in [0, 0.1) is 0 Å². The number of methoxy groups -OCH3 is 2. The van der Waals surface area contributed by atoms with Crippen molar-refractivity contribution in [1.82, 2.24) is 19.4 Å². The molecule has 2 aliphatic heterocycles. The van der Waals surface area contributed by atoms with Crippen LogP contribution in [0.4, 0.5) is 22.7 Å². The second-order valence-corrected chi connectivity index (χ2v) is 16.2. The zero-order chi connectivity index (χ0) is 44.3. The molecular weight excluding hydrogens is 809 g/mol. The van der Waals surface area contributed by atoms with Crippen molar-refractivity contribution in [2.75, 3.05) is 37.9 Å². The van der Waals surface area contributed by atoms with Gasteiger partial charge in [0.05, 0.1) is 14.2 Å². The van der Waals surface area contributed by atoms with Crippen molar-refractivity contribution in [1.29, 1.82) is 0 Å². The van der Waals surface area contributed by atoms with Crippen molar-refractivity contribution < 1.29 is 19.1 Å².